The molecule has 0 aromatic carbocycles. The Labute approximate surface area is 246 Å². The highest BCUT2D eigenvalue weighted by atomic mass is 32.1. The minimum atomic E-state index is 1.01. The number of rotatable bonds is 0. The highest BCUT2D eigenvalue weighted by molar-refractivity contribution is 7.19. The molecule has 12 heteroatoms. The third kappa shape index (κ3) is 6.65. The quantitative estimate of drug-likeness (QED) is 0.172. The average molecular weight is 601 g/mol. The summed E-state index contributed by atoms with van der Waals surface area (Å²) in [6.07, 6.45) is 10.8. The molecular formula is C28H24N8S4. The Kier molecular flexibility index (Phi) is 9.01. The second-order valence-electron chi connectivity index (χ2n) is 8.62. The molecule has 40 heavy (non-hydrogen) atoms. The third-order valence-corrected chi connectivity index (χ3v) is 9.67. The highest BCUT2D eigenvalue weighted by Gasteiger charge is 1.99. The van der Waals surface area contributed by atoms with Crippen LogP contribution in [0.2, 0.25) is 0 Å². The molecule has 0 N–H and O–H groups in total. The predicted octanol–water partition coefficient (Wildman–Crippen LogP) is 8.00. The molecule has 0 unspecified atom stereocenters. The van der Waals surface area contributed by atoms with Crippen molar-refractivity contribution in [2.24, 2.45) is 0 Å². The second kappa shape index (κ2) is 13.0. The van der Waals surface area contributed by atoms with Crippen LogP contribution in [-0.2, 0) is 0 Å². The Hall–Kier alpha value is -3.84. The summed E-state index contributed by atoms with van der Waals surface area (Å²) in [7, 11) is 0. The molecule has 0 spiro atoms. The molecule has 8 nitrogen and oxygen atoms in total. The maximum absolute atomic E-state index is 3.94. The first-order chi connectivity index (χ1) is 19.5. The van der Waals surface area contributed by atoms with Crippen molar-refractivity contribution in [2.45, 2.75) is 27.7 Å². The van der Waals surface area contributed by atoms with Crippen molar-refractivity contribution in [3.63, 3.8) is 0 Å². The van der Waals surface area contributed by atoms with E-state index < -0.39 is 0 Å². The van der Waals surface area contributed by atoms with Crippen LogP contribution in [0.3, 0.4) is 0 Å². The number of aryl methyl sites for hydroxylation is 4. The molecule has 8 rings (SSSR count). The molecular weight excluding hydrogens is 577 g/mol. The Morgan fingerprint density at radius 3 is 1.98 bits per heavy atom. The Bertz CT molecular complexity index is 1870. The van der Waals surface area contributed by atoms with Gasteiger partial charge in [-0.05, 0) is 67.6 Å². The van der Waals surface area contributed by atoms with E-state index in [9.17, 15) is 0 Å². The van der Waals surface area contributed by atoms with Gasteiger partial charge in [-0.1, -0.05) is 0 Å². The molecule has 0 atom stereocenters. The van der Waals surface area contributed by atoms with Gasteiger partial charge in [0.15, 0.2) is 0 Å². The first-order valence-corrected chi connectivity index (χ1v) is 15.6. The van der Waals surface area contributed by atoms with E-state index in [1.807, 2.05) is 13.8 Å². The van der Waals surface area contributed by atoms with Crippen LogP contribution < -0.4 is 0 Å². The topological polar surface area (TPSA) is 103 Å². The molecule has 0 amide bonds. The van der Waals surface area contributed by atoms with E-state index in [4.69, 9.17) is 0 Å². The minimum absolute atomic E-state index is 1.01. The van der Waals surface area contributed by atoms with Crippen molar-refractivity contribution in [3.8, 4) is 0 Å². The van der Waals surface area contributed by atoms with Gasteiger partial charge >= 0.3 is 0 Å². The van der Waals surface area contributed by atoms with Crippen LogP contribution in [-0.4, -0.2) is 40.8 Å². The third-order valence-electron chi connectivity index (χ3n) is 5.73. The van der Waals surface area contributed by atoms with Crippen LogP contribution in [0.4, 0.5) is 0 Å². The molecule has 0 aliphatic carbocycles. The SMILES string of the molecule is Cc1cc2cnncc2s1.Cc1csc2cnncc12.Cc1nncc2ccsc12.Cc1nncc2sccc12. The van der Waals surface area contributed by atoms with Gasteiger partial charge in [0.1, 0.15) is 0 Å². The first-order valence-electron chi connectivity index (χ1n) is 12.1. The van der Waals surface area contributed by atoms with E-state index in [0.29, 0.717) is 0 Å². The van der Waals surface area contributed by atoms with Gasteiger partial charge in [0.25, 0.3) is 0 Å². The van der Waals surface area contributed by atoms with Gasteiger partial charge in [0.2, 0.25) is 0 Å². The van der Waals surface area contributed by atoms with Gasteiger partial charge in [-0.25, -0.2) is 0 Å². The van der Waals surface area contributed by atoms with E-state index in [2.05, 4.69) is 89.0 Å². The normalized spacial score (nSPS) is 10.5. The average Bonchev–Trinajstić information content (AvgIpc) is 3.77. The monoisotopic (exact) mass is 600 g/mol. The Morgan fingerprint density at radius 2 is 1.20 bits per heavy atom. The summed E-state index contributed by atoms with van der Waals surface area (Å²) in [4.78, 5) is 1.31. The summed E-state index contributed by atoms with van der Waals surface area (Å²) in [6, 6.07) is 6.25. The number of fused-ring (bicyclic) bond motifs is 4. The Balaban J connectivity index is 0.000000108. The molecule has 8 aromatic heterocycles. The van der Waals surface area contributed by atoms with Gasteiger partial charge in [-0.3, -0.25) is 0 Å². The summed E-state index contributed by atoms with van der Waals surface area (Å²) >= 11 is 6.87. The number of hydrogen-bond donors (Lipinski definition) is 0. The van der Waals surface area contributed by atoms with Crippen LogP contribution in [0, 0.1) is 27.7 Å². The molecule has 8 aromatic rings. The minimum Gasteiger partial charge on any atom is -0.158 e. The van der Waals surface area contributed by atoms with E-state index >= 15 is 0 Å². The zero-order valence-corrected chi connectivity index (χ0v) is 25.4. The van der Waals surface area contributed by atoms with Gasteiger partial charge in [-0.15, -0.1) is 45.3 Å². The molecule has 8 heterocycles. The molecule has 0 bridgehead atoms. The lowest BCUT2D eigenvalue weighted by Gasteiger charge is -1.89. The summed E-state index contributed by atoms with van der Waals surface area (Å²) in [5.74, 6) is 0. The second-order valence-corrected chi connectivity index (χ2v) is 12.7. The van der Waals surface area contributed by atoms with Crippen molar-refractivity contribution in [3.05, 3.63) is 93.3 Å². The van der Waals surface area contributed by atoms with E-state index in [1.54, 1.807) is 82.5 Å². The van der Waals surface area contributed by atoms with Crippen molar-refractivity contribution in [2.75, 3.05) is 0 Å². The van der Waals surface area contributed by atoms with Crippen molar-refractivity contribution in [1.82, 2.24) is 40.8 Å². The molecule has 0 radical (unpaired) electrons. The molecule has 0 saturated heterocycles. The smallest absolute Gasteiger partial charge is 0.0777 e. The van der Waals surface area contributed by atoms with Crippen LogP contribution in [0.1, 0.15) is 21.8 Å². The zero-order chi connectivity index (χ0) is 27.9. The fourth-order valence-corrected chi connectivity index (χ4v) is 7.09. The highest BCUT2D eigenvalue weighted by Crippen LogP contribution is 2.24. The van der Waals surface area contributed by atoms with E-state index in [0.717, 1.165) is 11.4 Å². The van der Waals surface area contributed by atoms with Gasteiger partial charge < -0.3 is 0 Å². The standard InChI is InChI=1S/4C7H6N2S/c1-5-4-10-7-3-9-8-2-6(5)7;1-5-2-6-3-8-9-4-7(6)10-5;1-5-6-2-3-10-7(6)4-8-9-5;1-5-7-6(2-3-10-7)4-8-9-5/h4*2-4H,1H3. The molecule has 0 aliphatic rings. The predicted molar refractivity (Wildman–Crippen MR) is 169 cm³/mol. The fraction of sp³-hybridized carbons (Fsp3) is 0.143. The number of hydrogen-bond acceptors (Lipinski definition) is 12. The van der Waals surface area contributed by atoms with Crippen molar-refractivity contribution >= 4 is 85.7 Å². The summed E-state index contributed by atoms with van der Waals surface area (Å²) in [5.41, 5.74) is 3.32. The molecule has 200 valence electrons. The van der Waals surface area contributed by atoms with Crippen molar-refractivity contribution < 1.29 is 0 Å². The molecule has 0 saturated carbocycles. The van der Waals surface area contributed by atoms with Gasteiger partial charge in [-0.2, -0.15) is 40.8 Å². The number of nitrogens with zero attached hydrogens (tertiary/aromatic N) is 8. The Morgan fingerprint density at radius 1 is 0.550 bits per heavy atom. The maximum atomic E-state index is 3.94. The lowest BCUT2D eigenvalue weighted by molar-refractivity contribution is 1.01. The van der Waals surface area contributed by atoms with Gasteiger partial charge in [0, 0.05) is 26.4 Å². The summed E-state index contributed by atoms with van der Waals surface area (Å²) < 4.78 is 4.89. The lowest BCUT2D eigenvalue weighted by Crippen LogP contribution is -1.82. The van der Waals surface area contributed by atoms with Gasteiger partial charge in [0.05, 0.1) is 67.4 Å². The summed E-state index contributed by atoms with van der Waals surface area (Å²) in [6.45, 7) is 8.12. The molecule has 0 fully saturated rings. The van der Waals surface area contributed by atoms with Crippen LogP contribution in [0.25, 0.3) is 40.3 Å². The zero-order valence-electron chi connectivity index (χ0n) is 22.1. The maximum Gasteiger partial charge on any atom is 0.0777 e. The van der Waals surface area contributed by atoms with Crippen molar-refractivity contribution in [1.29, 1.82) is 0 Å². The number of thiophene rings is 4. The summed E-state index contributed by atoms with van der Waals surface area (Å²) in [5, 5.41) is 41.8. The van der Waals surface area contributed by atoms with Crippen LogP contribution >= 0.6 is 45.3 Å². The fourth-order valence-electron chi connectivity index (χ4n) is 3.73. The number of aromatic nitrogens is 8. The molecule has 0 aliphatic heterocycles. The van der Waals surface area contributed by atoms with E-state index in [-0.39, 0.29) is 0 Å². The van der Waals surface area contributed by atoms with Crippen LogP contribution in [0.15, 0.2) is 71.5 Å². The first kappa shape index (κ1) is 27.7. The lowest BCUT2D eigenvalue weighted by atomic mass is 10.3. The van der Waals surface area contributed by atoms with E-state index in [1.165, 1.54) is 50.8 Å². The largest absolute Gasteiger partial charge is 0.158 e. The van der Waals surface area contributed by atoms with Crippen LogP contribution in [0.5, 0.6) is 0 Å².